The Morgan fingerprint density at radius 1 is 0.407 bits per heavy atom. The lowest BCUT2D eigenvalue weighted by Crippen LogP contribution is -2.39. The van der Waals surface area contributed by atoms with Crippen molar-refractivity contribution in [3.8, 4) is 0 Å². The van der Waals surface area contributed by atoms with Gasteiger partial charge >= 0.3 is 8.56 Å². The van der Waals surface area contributed by atoms with Crippen LogP contribution in [0.5, 0.6) is 0 Å². The topological polar surface area (TPSA) is 18.5 Å². The Hall–Kier alpha value is 0.137. The minimum atomic E-state index is -1.91. The van der Waals surface area contributed by atoms with Crippen LogP contribution >= 0.6 is 0 Å². The van der Waals surface area contributed by atoms with Crippen molar-refractivity contribution >= 4 is 8.56 Å². The molecule has 0 bridgehead atoms. The van der Waals surface area contributed by atoms with Crippen molar-refractivity contribution in [1.82, 2.24) is 0 Å². The average molecular weight is 401 g/mol. The summed E-state index contributed by atoms with van der Waals surface area (Å²) in [6.45, 7) is 4.57. The fraction of sp³-hybridized carbons (Fsp3) is 1.00. The summed E-state index contributed by atoms with van der Waals surface area (Å²) in [5.41, 5.74) is 0. The minimum absolute atomic E-state index is 1.18. The lowest BCUT2D eigenvalue weighted by Gasteiger charge is -2.27. The summed E-state index contributed by atoms with van der Waals surface area (Å²) in [6.07, 6.45) is 25.0. The number of hydrogen-bond acceptors (Lipinski definition) is 2. The second kappa shape index (κ2) is 20.9. The fourth-order valence-corrected chi connectivity index (χ4v) is 6.84. The van der Waals surface area contributed by atoms with Crippen LogP contribution in [0.4, 0.5) is 0 Å². The van der Waals surface area contributed by atoms with Gasteiger partial charge in [0.15, 0.2) is 0 Å². The van der Waals surface area contributed by atoms with E-state index in [2.05, 4.69) is 13.8 Å². The highest BCUT2D eigenvalue weighted by Crippen LogP contribution is 2.25. The minimum Gasteiger partial charge on any atom is -0.398 e. The van der Waals surface area contributed by atoms with E-state index in [4.69, 9.17) is 8.85 Å². The van der Waals surface area contributed by atoms with Gasteiger partial charge in [-0.3, -0.25) is 0 Å². The van der Waals surface area contributed by atoms with Gasteiger partial charge in [-0.05, 0) is 12.1 Å². The van der Waals surface area contributed by atoms with Crippen molar-refractivity contribution in [2.75, 3.05) is 14.2 Å². The second-order valence-corrected chi connectivity index (χ2v) is 12.1. The summed E-state index contributed by atoms with van der Waals surface area (Å²) >= 11 is 0. The molecule has 0 rings (SSSR count). The number of hydrogen-bond donors (Lipinski definition) is 0. The maximum absolute atomic E-state index is 5.93. The fourth-order valence-electron chi connectivity index (χ4n) is 4.03. The Labute approximate surface area is 173 Å². The van der Waals surface area contributed by atoms with Gasteiger partial charge < -0.3 is 8.85 Å². The van der Waals surface area contributed by atoms with Crippen molar-refractivity contribution < 1.29 is 8.85 Å². The van der Waals surface area contributed by atoms with E-state index in [1.165, 1.54) is 128 Å². The van der Waals surface area contributed by atoms with Gasteiger partial charge in [-0.15, -0.1) is 0 Å². The average Bonchev–Trinajstić information content (AvgIpc) is 2.70. The van der Waals surface area contributed by atoms with E-state index in [9.17, 15) is 0 Å². The molecule has 0 aliphatic rings. The van der Waals surface area contributed by atoms with Crippen LogP contribution in [0.25, 0.3) is 0 Å². The van der Waals surface area contributed by atoms with Crippen LogP contribution in [0, 0.1) is 0 Å². The van der Waals surface area contributed by atoms with Crippen LogP contribution in [0.2, 0.25) is 12.1 Å². The second-order valence-electron chi connectivity index (χ2n) is 8.48. The Bertz CT molecular complexity index is 280. The van der Waals surface area contributed by atoms with Gasteiger partial charge in [0.25, 0.3) is 0 Å². The Morgan fingerprint density at radius 2 is 0.667 bits per heavy atom. The van der Waals surface area contributed by atoms with Crippen LogP contribution in [-0.4, -0.2) is 22.8 Å². The van der Waals surface area contributed by atoms with Crippen LogP contribution in [0.3, 0.4) is 0 Å². The molecule has 0 spiro atoms. The van der Waals surface area contributed by atoms with E-state index in [-0.39, 0.29) is 0 Å². The van der Waals surface area contributed by atoms with Gasteiger partial charge in [0, 0.05) is 14.2 Å². The molecule has 0 aliphatic heterocycles. The van der Waals surface area contributed by atoms with E-state index in [1.54, 1.807) is 0 Å². The lowest BCUT2D eigenvalue weighted by atomic mass is 10.1. The summed E-state index contributed by atoms with van der Waals surface area (Å²) in [7, 11) is 1.86. The van der Waals surface area contributed by atoms with Crippen LogP contribution in [-0.2, 0) is 8.85 Å². The number of unbranched alkanes of at least 4 members (excludes halogenated alkanes) is 16. The van der Waals surface area contributed by atoms with E-state index >= 15 is 0 Å². The van der Waals surface area contributed by atoms with E-state index in [0.29, 0.717) is 0 Å². The monoisotopic (exact) mass is 400 g/mol. The first-order chi connectivity index (χ1) is 13.2. The van der Waals surface area contributed by atoms with Gasteiger partial charge in [0.1, 0.15) is 0 Å². The van der Waals surface area contributed by atoms with Gasteiger partial charge in [0.2, 0.25) is 0 Å². The third kappa shape index (κ3) is 16.8. The molecule has 3 heteroatoms. The quantitative estimate of drug-likeness (QED) is 0.133. The first-order valence-corrected chi connectivity index (χ1v) is 14.6. The summed E-state index contributed by atoms with van der Waals surface area (Å²) < 4.78 is 11.9. The normalized spacial score (nSPS) is 12.0. The molecule has 0 saturated carbocycles. The molecule has 0 aromatic heterocycles. The molecule has 0 unspecified atom stereocenters. The Balaban J connectivity index is 3.60. The summed E-state index contributed by atoms with van der Waals surface area (Å²) in [4.78, 5) is 0. The molecule has 0 N–H and O–H groups in total. The lowest BCUT2D eigenvalue weighted by molar-refractivity contribution is 0.238. The highest BCUT2D eigenvalue weighted by atomic mass is 28.4. The molecule has 0 saturated heterocycles. The van der Waals surface area contributed by atoms with Crippen LogP contribution < -0.4 is 0 Å². The zero-order valence-corrected chi connectivity index (χ0v) is 20.5. The largest absolute Gasteiger partial charge is 0.398 e. The smallest absolute Gasteiger partial charge is 0.337 e. The Morgan fingerprint density at radius 3 is 0.926 bits per heavy atom. The molecule has 164 valence electrons. The highest BCUT2D eigenvalue weighted by molar-refractivity contribution is 6.67. The maximum atomic E-state index is 5.93. The summed E-state index contributed by atoms with van der Waals surface area (Å²) in [5.74, 6) is 0. The van der Waals surface area contributed by atoms with E-state index in [0.717, 1.165) is 0 Å². The summed E-state index contributed by atoms with van der Waals surface area (Å²) in [6, 6.07) is 2.37. The first kappa shape index (κ1) is 27.1. The molecule has 0 aromatic carbocycles. The molecule has 0 radical (unpaired) electrons. The van der Waals surface area contributed by atoms with Crippen LogP contribution in [0.15, 0.2) is 0 Å². The predicted molar refractivity (Wildman–Crippen MR) is 124 cm³/mol. The molecule has 0 atom stereocenters. The van der Waals surface area contributed by atoms with Gasteiger partial charge in [0.05, 0.1) is 0 Å². The first-order valence-electron chi connectivity index (χ1n) is 12.3. The van der Waals surface area contributed by atoms with E-state index in [1.807, 2.05) is 14.2 Å². The van der Waals surface area contributed by atoms with Crippen molar-refractivity contribution in [3.63, 3.8) is 0 Å². The third-order valence-electron chi connectivity index (χ3n) is 6.07. The molecule has 0 fully saturated rings. The van der Waals surface area contributed by atoms with Crippen molar-refractivity contribution in [1.29, 1.82) is 0 Å². The standard InChI is InChI=1S/C24H52O2Si/c1-5-7-9-11-13-14-15-16-17-18-20-22-24-27(25-3,26-4)23-21-19-12-10-8-6-2/h5-24H2,1-4H3. The van der Waals surface area contributed by atoms with Crippen LogP contribution in [0.1, 0.15) is 129 Å². The van der Waals surface area contributed by atoms with Crippen molar-refractivity contribution in [2.45, 2.75) is 142 Å². The van der Waals surface area contributed by atoms with Gasteiger partial charge in [-0.1, -0.05) is 129 Å². The molecule has 0 amide bonds. The maximum Gasteiger partial charge on any atom is 0.337 e. The molecular formula is C24H52O2Si. The Kier molecular flexibility index (Phi) is 21.0. The highest BCUT2D eigenvalue weighted by Gasteiger charge is 2.33. The van der Waals surface area contributed by atoms with Gasteiger partial charge in [-0.25, -0.2) is 0 Å². The molecule has 0 aromatic rings. The molecular weight excluding hydrogens is 348 g/mol. The predicted octanol–water partition coefficient (Wildman–Crippen LogP) is 8.78. The van der Waals surface area contributed by atoms with Crippen molar-refractivity contribution in [3.05, 3.63) is 0 Å². The third-order valence-corrected chi connectivity index (χ3v) is 9.79. The van der Waals surface area contributed by atoms with E-state index < -0.39 is 8.56 Å². The van der Waals surface area contributed by atoms with Crippen molar-refractivity contribution in [2.24, 2.45) is 0 Å². The molecule has 0 heterocycles. The zero-order chi connectivity index (χ0) is 20.1. The summed E-state index contributed by atoms with van der Waals surface area (Å²) in [5, 5.41) is 0. The van der Waals surface area contributed by atoms with Gasteiger partial charge in [-0.2, -0.15) is 0 Å². The number of rotatable bonds is 22. The molecule has 2 nitrogen and oxygen atoms in total. The SMILES string of the molecule is CCCCCCCCCCCCCC[Si](CCCCCCCC)(OC)OC. The molecule has 27 heavy (non-hydrogen) atoms. The zero-order valence-electron chi connectivity index (χ0n) is 19.5. The molecule has 0 aliphatic carbocycles.